The lowest BCUT2D eigenvalue weighted by Crippen LogP contribution is -2.24. The first kappa shape index (κ1) is 13.3. The van der Waals surface area contributed by atoms with Crippen LogP contribution in [0.25, 0.3) is 11.3 Å². The number of hydrogen-bond acceptors (Lipinski definition) is 4. The van der Waals surface area contributed by atoms with Crippen LogP contribution in [0.2, 0.25) is 0 Å². The van der Waals surface area contributed by atoms with E-state index in [4.69, 9.17) is 15.3 Å². The maximum Gasteiger partial charge on any atom is 0.335 e. The number of hydrazone groups is 1. The van der Waals surface area contributed by atoms with Gasteiger partial charge in [-0.1, -0.05) is 12.1 Å². The molecule has 0 bridgehead atoms. The van der Waals surface area contributed by atoms with E-state index in [1.54, 1.807) is 24.3 Å². The molecule has 7 heteroatoms. The number of furan rings is 1. The summed E-state index contributed by atoms with van der Waals surface area (Å²) < 4.78 is 5.45. The van der Waals surface area contributed by atoms with Gasteiger partial charge in [0.2, 0.25) is 0 Å². The Morgan fingerprint density at radius 1 is 1.30 bits per heavy atom. The second kappa shape index (κ2) is 5.70. The molecule has 0 spiro atoms. The highest BCUT2D eigenvalue weighted by Crippen LogP contribution is 2.22. The molecule has 2 aromatic rings. The molecule has 0 unspecified atom stereocenters. The number of nitrogens with zero attached hydrogens (tertiary/aromatic N) is 1. The number of hydrogen-bond donors (Lipinski definition) is 3. The number of carbonyl (C=O) groups is 2. The normalized spacial score (nSPS) is 10.6. The van der Waals surface area contributed by atoms with Gasteiger partial charge in [0.1, 0.15) is 11.5 Å². The van der Waals surface area contributed by atoms with Crippen molar-refractivity contribution >= 4 is 18.2 Å². The van der Waals surface area contributed by atoms with E-state index < -0.39 is 12.0 Å². The Morgan fingerprint density at radius 2 is 2.10 bits per heavy atom. The lowest BCUT2D eigenvalue weighted by atomic mass is 10.1. The fourth-order valence-electron chi connectivity index (χ4n) is 1.54. The Kier molecular flexibility index (Phi) is 3.80. The van der Waals surface area contributed by atoms with Crippen molar-refractivity contribution in [3.05, 3.63) is 47.7 Å². The molecule has 0 radical (unpaired) electrons. The molecule has 0 atom stereocenters. The highest BCUT2D eigenvalue weighted by molar-refractivity contribution is 5.89. The number of nitrogens with two attached hydrogens (primary N) is 1. The van der Waals surface area contributed by atoms with Gasteiger partial charge in [-0.15, -0.1) is 0 Å². The molecule has 0 aliphatic rings. The van der Waals surface area contributed by atoms with Gasteiger partial charge in [0.15, 0.2) is 0 Å². The molecule has 4 N–H and O–H groups in total. The monoisotopic (exact) mass is 273 g/mol. The van der Waals surface area contributed by atoms with E-state index in [2.05, 4.69) is 5.10 Å². The van der Waals surface area contributed by atoms with Crippen LogP contribution >= 0.6 is 0 Å². The SMILES string of the molecule is NC(=O)N/N=C\c1ccc(-c2cccc(C(=O)O)c2)o1. The summed E-state index contributed by atoms with van der Waals surface area (Å²) in [4.78, 5) is 21.3. The van der Waals surface area contributed by atoms with Crippen LogP contribution in [0.3, 0.4) is 0 Å². The predicted octanol–water partition coefficient (Wildman–Crippen LogP) is 1.65. The molecule has 0 aliphatic carbocycles. The molecule has 0 saturated carbocycles. The standard InChI is InChI=1S/C13H11N3O4/c14-13(19)16-15-7-10-4-5-11(20-10)8-2-1-3-9(6-8)12(17)18/h1-7H,(H,17,18)(H3,14,16,19)/b15-7-. The summed E-state index contributed by atoms with van der Waals surface area (Å²) in [6.07, 6.45) is 1.29. The third-order valence-corrected chi connectivity index (χ3v) is 2.39. The summed E-state index contributed by atoms with van der Waals surface area (Å²) >= 11 is 0. The van der Waals surface area contributed by atoms with Crippen molar-refractivity contribution in [2.75, 3.05) is 0 Å². The minimum atomic E-state index is -1.01. The number of benzene rings is 1. The second-order valence-electron chi connectivity index (χ2n) is 3.82. The van der Waals surface area contributed by atoms with Crippen molar-refractivity contribution in [3.8, 4) is 11.3 Å². The molecule has 0 saturated heterocycles. The number of carboxylic acid groups (broad SMARTS) is 1. The quantitative estimate of drug-likeness (QED) is 0.579. The average Bonchev–Trinajstić information content (AvgIpc) is 2.87. The summed E-state index contributed by atoms with van der Waals surface area (Å²) in [5.41, 5.74) is 7.69. The number of carbonyl (C=O) groups excluding carboxylic acids is 1. The van der Waals surface area contributed by atoms with Crippen LogP contribution in [0.5, 0.6) is 0 Å². The van der Waals surface area contributed by atoms with Gasteiger partial charge in [0, 0.05) is 5.56 Å². The molecule has 2 rings (SSSR count). The second-order valence-corrected chi connectivity index (χ2v) is 3.82. The maximum atomic E-state index is 10.9. The van der Waals surface area contributed by atoms with Gasteiger partial charge in [0.05, 0.1) is 11.8 Å². The molecule has 1 aromatic carbocycles. The van der Waals surface area contributed by atoms with Crippen molar-refractivity contribution in [1.29, 1.82) is 0 Å². The maximum absolute atomic E-state index is 10.9. The summed E-state index contributed by atoms with van der Waals surface area (Å²) in [5, 5.41) is 12.5. The zero-order chi connectivity index (χ0) is 14.5. The third kappa shape index (κ3) is 3.22. The van der Waals surface area contributed by atoms with Gasteiger partial charge in [0.25, 0.3) is 0 Å². The zero-order valence-corrected chi connectivity index (χ0v) is 10.2. The van der Waals surface area contributed by atoms with E-state index in [-0.39, 0.29) is 5.56 Å². The number of primary amides is 1. The lowest BCUT2D eigenvalue weighted by Gasteiger charge is -1.98. The van der Waals surface area contributed by atoms with Crippen molar-refractivity contribution in [1.82, 2.24) is 5.43 Å². The first-order valence-corrected chi connectivity index (χ1v) is 5.58. The third-order valence-electron chi connectivity index (χ3n) is 2.39. The van der Waals surface area contributed by atoms with Crippen molar-refractivity contribution in [2.45, 2.75) is 0 Å². The average molecular weight is 273 g/mol. The van der Waals surface area contributed by atoms with Crippen LogP contribution < -0.4 is 11.2 Å². The van der Waals surface area contributed by atoms with Crippen LogP contribution in [0.1, 0.15) is 16.1 Å². The number of nitrogens with one attached hydrogen (secondary N) is 1. The number of carboxylic acids is 1. The minimum absolute atomic E-state index is 0.171. The van der Waals surface area contributed by atoms with E-state index in [0.717, 1.165) is 0 Å². The van der Waals surface area contributed by atoms with Gasteiger partial charge in [-0.3, -0.25) is 0 Å². The van der Waals surface area contributed by atoms with E-state index >= 15 is 0 Å². The number of aromatic carboxylic acids is 1. The first-order chi connectivity index (χ1) is 9.56. The Bertz CT molecular complexity index is 676. The van der Waals surface area contributed by atoms with E-state index in [9.17, 15) is 9.59 Å². The van der Waals surface area contributed by atoms with Crippen molar-refractivity contribution in [2.24, 2.45) is 10.8 Å². The Hall–Kier alpha value is -3.09. The van der Waals surface area contributed by atoms with E-state index in [0.29, 0.717) is 17.1 Å². The fourth-order valence-corrected chi connectivity index (χ4v) is 1.54. The van der Waals surface area contributed by atoms with Crippen LogP contribution in [0, 0.1) is 0 Å². The molecular weight excluding hydrogens is 262 g/mol. The van der Waals surface area contributed by atoms with Gasteiger partial charge in [-0.2, -0.15) is 5.10 Å². The summed E-state index contributed by atoms with van der Waals surface area (Å²) in [5.74, 6) is -0.117. The van der Waals surface area contributed by atoms with Crippen LogP contribution in [-0.2, 0) is 0 Å². The highest BCUT2D eigenvalue weighted by Gasteiger charge is 2.07. The smallest absolute Gasteiger partial charge is 0.335 e. The Balaban J connectivity index is 2.20. The molecule has 2 amide bonds. The summed E-state index contributed by atoms with van der Waals surface area (Å²) in [6.45, 7) is 0. The van der Waals surface area contributed by atoms with Gasteiger partial charge in [-0.25, -0.2) is 15.0 Å². The zero-order valence-electron chi connectivity index (χ0n) is 10.2. The number of urea groups is 1. The summed E-state index contributed by atoms with van der Waals surface area (Å²) in [6, 6.07) is 8.89. The van der Waals surface area contributed by atoms with E-state index in [1.165, 1.54) is 18.3 Å². The molecule has 1 aromatic heterocycles. The molecule has 102 valence electrons. The van der Waals surface area contributed by atoms with E-state index in [1.807, 2.05) is 5.43 Å². The van der Waals surface area contributed by atoms with Gasteiger partial charge in [-0.05, 0) is 24.3 Å². The van der Waals surface area contributed by atoms with Crippen LogP contribution in [0.4, 0.5) is 4.79 Å². The van der Waals surface area contributed by atoms with Crippen LogP contribution in [-0.4, -0.2) is 23.3 Å². The van der Waals surface area contributed by atoms with Crippen molar-refractivity contribution in [3.63, 3.8) is 0 Å². The molecular formula is C13H11N3O4. The minimum Gasteiger partial charge on any atom is -0.478 e. The summed E-state index contributed by atoms with van der Waals surface area (Å²) in [7, 11) is 0. The number of amides is 2. The molecule has 0 aliphatic heterocycles. The Labute approximate surface area is 113 Å². The highest BCUT2D eigenvalue weighted by atomic mass is 16.4. The molecule has 0 fully saturated rings. The number of rotatable bonds is 4. The first-order valence-electron chi connectivity index (χ1n) is 5.58. The topological polar surface area (TPSA) is 118 Å². The van der Waals surface area contributed by atoms with Gasteiger partial charge < -0.3 is 15.3 Å². The lowest BCUT2D eigenvalue weighted by molar-refractivity contribution is 0.0697. The molecule has 1 heterocycles. The molecule has 7 nitrogen and oxygen atoms in total. The largest absolute Gasteiger partial charge is 0.478 e. The van der Waals surface area contributed by atoms with Crippen molar-refractivity contribution < 1.29 is 19.1 Å². The fraction of sp³-hybridized carbons (Fsp3) is 0. The Morgan fingerprint density at radius 3 is 2.80 bits per heavy atom. The van der Waals surface area contributed by atoms with Crippen LogP contribution in [0.15, 0.2) is 45.9 Å². The molecule has 20 heavy (non-hydrogen) atoms. The predicted molar refractivity (Wildman–Crippen MR) is 71.4 cm³/mol. The van der Waals surface area contributed by atoms with Gasteiger partial charge >= 0.3 is 12.0 Å².